The molecule has 0 fully saturated rings. The SMILES string of the molecule is CCOc1ccc(CN(CC)C(=O)CCNC(=O)NCc2ccccc2)cc1OC. The van der Waals surface area contributed by atoms with Crippen molar-refractivity contribution in [3.05, 3.63) is 59.7 Å². The molecule has 0 heterocycles. The molecule has 3 amide bonds. The van der Waals surface area contributed by atoms with Crippen molar-refractivity contribution in [2.75, 3.05) is 26.8 Å². The van der Waals surface area contributed by atoms with Crippen LogP contribution in [-0.2, 0) is 17.9 Å². The Kier molecular flexibility index (Phi) is 9.51. The fourth-order valence-corrected chi connectivity index (χ4v) is 2.96. The monoisotopic (exact) mass is 413 g/mol. The maximum atomic E-state index is 12.6. The van der Waals surface area contributed by atoms with Gasteiger partial charge >= 0.3 is 6.03 Å². The van der Waals surface area contributed by atoms with Gasteiger partial charge in [0.25, 0.3) is 0 Å². The number of urea groups is 1. The van der Waals surface area contributed by atoms with E-state index < -0.39 is 0 Å². The Balaban J connectivity index is 1.79. The highest BCUT2D eigenvalue weighted by Gasteiger charge is 2.14. The van der Waals surface area contributed by atoms with Crippen LogP contribution in [0, 0.1) is 0 Å². The number of nitrogens with zero attached hydrogens (tertiary/aromatic N) is 1. The highest BCUT2D eigenvalue weighted by Crippen LogP contribution is 2.28. The van der Waals surface area contributed by atoms with E-state index in [0.29, 0.717) is 37.7 Å². The van der Waals surface area contributed by atoms with Crippen LogP contribution in [0.4, 0.5) is 4.79 Å². The highest BCUT2D eigenvalue weighted by atomic mass is 16.5. The summed E-state index contributed by atoms with van der Waals surface area (Å²) in [6, 6.07) is 15.0. The molecular formula is C23H31N3O4. The predicted octanol–water partition coefficient (Wildman–Crippen LogP) is 3.33. The topological polar surface area (TPSA) is 79.9 Å². The number of amides is 3. The Morgan fingerprint density at radius 1 is 0.967 bits per heavy atom. The van der Waals surface area contributed by atoms with E-state index in [-0.39, 0.29) is 24.9 Å². The molecule has 0 aliphatic carbocycles. The normalized spacial score (nSPS) is 10.2. The van der Waals surface area contributed by atoms with Crippen LogP contribution in [0.5, 0.6) is 11.5 Å². The van der Waals surface area contributed by atoms with Gasteiger partial charge in [0.05, 0.1) is 13.7 Å². The van der Waals surface area contributed by atoms with Gasteiger partial charge in [-0.2, -0.15) is 0 Å². The molecule has 162 valence electrons. The molecular weight excluding hydrogens is 382 g/mol. The molecule has 7 heteroatoms. The van der Waals surface area contributed by atoms with Gasteiger partial charge in [0.15, 0.2) is 11.5 Å². The zero-order valence-corrected chi connectivity index (χ0v) is 17.9. The van der Waals surface area contributed by atoms with E-state index in [1.807, 2.05) is 62.4 Å². The minimum absolute atomic E-state index is 0.0197. The summed E-state index contributed by atoms with van der Waals surface area (Å²) in [5.41, 5.74) is 1.98. The third-order valence-electron chi connectivity index (χ3n) is 4.56. The van der Waals surface area contributed by atoms with Crippen LogP contribution >= 0.6 is 0 Å². The van der Waals surface area contributed by atoms with E-state index in [4.69, 9.17) is 9.47 Å². The fourth-order valence-electron chi connectivity index (χ4n) is 2.96. The zero-order valence-electron chi connectivity index (χ0n) is 17.9. The Bertz CT molecular complexity index is 811. The number of hydrogen-bond donors (Lipinski definition) is 2. The largest absolute Gasteiger partial charge is 0.493 e. The van der Waals surface area contributed by atoms with Gasteiger partial charge in [0.2, 0.25) is 5.91 Å². The molecule has 2 rings (SSSR count). The van der Waals surface area contributed by atoms with Crippen molar-refractivity contribution in [1.29, 1.82) is 0 Å². The van der Waals surface area contributed by atoms with Crippen molar-refractivity contribution in [3.8, 4) is 11.5 Å². The summed E-state index contributed by atoms with van der Waals surface area (Å²) in [7, 11) is 1.60. The minimum atomic E-state index is -0.286. The summed E-state index contributed by atoms with van der Waals surface area (Å²) in [6.07, 6.45) is 0.237. The van der Waals surface area contributed by atoms with Crippen LogP contribution in [0.25, 0.3) is 0 Å². The first-order chi connectivity index (χ1) is 14.6. The summed E-state index contributed by atoms with van der Waals surface area (Å²) >= 11 is 0. The third kappa shape index (κ3) is 7.31. The summed E-state index contributed by atoms with van der Waals surface area (Å²) < 4.78 is 10.9. The number of nitrogens with one attached hydrogen (secondary N) is 2. The smallest absolute Gasteiger partial charge is 0.315 e. The molecule has 0 radical (unpaired) electrons. The van der Waals surface area contributed by atoms with Crippen LogP contribution in [0.3, 0.4) is 0 Å². The van der Waals surface area contributed by atoms with Gasteiger partial charge in [-0.05, 0) is 37.1 Å². The van der Waals surface area contributed by atoms with E-state index in [1.54, 1.807) is 12.0 Å². The molecule has 0 unspecified atom stereocenters. The summed E-state index contributed by atoms with van der Waals surface area (Å²) in [4.78, 5) is 26.2. The minimum Gasteiger partial charge on any atom is -0.493 e. The first-order valence-corrected chi connectivity index (χ1v) is 10.2. The van der Waals surface area contributed by atoms with E-state index in [1.165, 1.54) is 0 Å². The van der Waals surface area contributed by atoms with E-state index >= 15 is 0 Å². The van der Waals surface area contributed by atoms with E-state index in [2.05, 4.69) is 10.6 Å². The first-order valence-electron chi connectivity index (χ1n) is 10.2. The lowest BCUT2D eigenvalue weighted by atomic mass is 10.1. The number of hydrogen-bond acceptors (Lipinski definition) is 4. The van der Waals surface area contributed by atoms with Gasteiger partial charge in [0, 0.05) is 32.6 Å². The number of rotatable bonds is 11. The average Bonchev–Trinajstić information content (AvgIpc) is 2.77. The predicted molar refractivity (Wildman–Crippen MR) is 117 cm³/mol. The Morgan fingerprint density at radius 3 is 2.40 bits per heavy atom. The molecule has 0 atom stereocenters. The average molecular weight is 414 g/mol. The molecule has 2 N–H and O–H groups in total. The van der Waals surface area contributed by atoms with Gasteiger partial charge < -0.3 is 25.0 Å². The van der Waals surface area contributed by atoms with Crippen LogP contribution in [0.15, 0.2) is 48.5 Å². The van der Waals surface area contributed by atoms with Crippen molar-refractivity contribution in [2.45, 2.75) is 33.4 Å². The van der Waals surface area contributed by atoms with Crippen molar-refractivity contribution >= 4 is 11.9 Å². The second-order valence-corrected chi connectivity index (χ2v) is 6.67. The molecule has 0 saturated heterocycles. The van der Waals surface area contributed by atoms with Crippen LogP contribution in [0.1, 0.15) is 31.4 Å². The van der Waals surface area contributed by atoms with Crippen molar-refractivity contribution < 1.29 is 19.1 Å². The van der Waals surface area contributed by atoms with Gasteiger partial charge in [-0.25, -0.2) is 4.79 Å². The molecule has 0 saturated carbocycles. The number of benzene rings is 2. The third-order valence-corrected chi connectivity index (χ3v) is 4.56. The first kappa shape index (κ1) is 23.1. The number of carbonyl (C=O) groups is 2. The van der Waals surface area contributed by atoms with Crippen LogP contribution in [-0.4, -0.2) is 43.6 Å². The summed E-state index contributed by atoms with van der Waals surface area (Å²) in [6.45, 7) is 6.18. The molecule has 0 bridgehead atoms. The van der Waals surface area contributed by atoms with Crippen LogP contribution in [0.2, 0.25) is 0 Å². The van der Waals surface area contributed by atoms with Gasteiger partial charge in [-0.15, -0.1) is 0 Å². The lowest BCUT2D eigenvalue weighted by Crippen LogP contribution is -2.38. The molecule has 2 aromatic carbocycles. The Hall–Kier alpha value is -3.22. The fraction of sp³-hybridized carbons (Fsp3) is 0.391. The standard InChI is InChI=1S/C23H31N3O4/c1-4-26(17-19-11-12-20(30-5-2)21(15-19)29-3)22(27)13-14-24-23(28)25-16-18-9-7-6-8-10-18/h6-12,15H,4-5,13-14,16-17H2,1-3H3,(H2,24,25,28). The van der Waals surface area contributed by atoms with Gasteiger partial charge in [-0.3, -0.25) is 4.79 Å². The van der Waals surface area contributed by atoms with Gasteiger partial charge in [-0.1, -0.05) is 36.4 Å². The second-order valence-electron chi connectivity index (χ2n) is 6.67. The quantitative estimate of drug-likeness (QED) is 0.592. The zero-order chi connectivity index (χ0) is 21.8. The maximum Gasteiger partial charge on any atom is 0.315 e. The number of ether oxygens (including phenoxy) is 2. The van der Waals surface area contributed by atoms with Crippen molar-refractivity contribution in [3.63, 3.8) is 0 Å². The van der Waals surface area contributed by atoms with Gasteiger partial charge in [0.1, 0.15) is 0 Å². The number of carbonyl (C=O) groups excluding carboxylic acids is 2. The second kappa shape index (κ2) is 12.4. The molecule has 0 aromatic heterocycles. The molecule has 0 aliphatic heterocycles. The highest BCUT2D eigenvalue weighted by molar-refractivity contribution is 5.78. The van der Waals surface area contributed by atoms with Crippen LogP contribution < -0.4 is 20.1 Å². The van der Waals surface area contributed by atoms with Crippen molar-refractivity contribution in [2.24, 2.45) is 0 Å². The lowest BCUT2D eigenvalue weighted by molar-refractivity contribution is -0.131. The Labute approximate surface area is 178 Å². The molecule has 0 spiro atoms. The molecule has 2 aromatic rings. The Morgan fingerprint density at radius 2 is 1.73 bits per heavy atom. The molecule has 7 nitrogen and oxygen atoms in total. The molecule has 30 heavy (non-hydrogen) atoms. The van der Waals surface area contributed by atoms with Crippen molar-refractivity contribution in [1.82, 2.24) is 15.5 Å². The van der Waals surface area contributed by atoms with E-state index in [9.17, 15) is 9.59 Å². The summed E-state index contributed by atoms with van der Waals surface area (Å²) in [5, 5.41) is 5.52. The molecule has 0 aliphatic rings. The number of methoxy groups -OCH3 is 1. The maximum absolute atomic E-state index is 12.6. The van der Waals surface area contributed by atoms with E-state index in [0.717, 1.165) is 11.1 Å². The summed E-state index contributed by atoms with van der Waals surface area (Å²) in [5.74, 6) is 1.31. The lowest BCUT2D eigenvalue weighted by Gasteiger charge is -2.22.